The molecular weight excluding hydrogens is 207 g/mol. The van der Waals surface area contributed by atoms with Gasteiger partial charge in [-0.3, -0.25) is 9.05 Å². The molecule has 0 saturated heterocycles. The van der Waals surface area contributed by atoms with Gasteiger partial charge < -0.3 is 9.63 Å². The number of ether oxygens (including phenoxy) is 1. The molecule has 0 aromatic rings. The van der Waals surface area contributed by atoms with Gasteiger partial charge in [0.1, 0.15) is 0 Å². The summed E-state index contributed by atoms with van der Waals surface area (Å²) in [6.07, 6.45) is 0.206. The van der Waals surface area contributed by atoms with Gasteiger partial charge in [-0.05, 0) is 20.3 Å². The first-order valence-electron chi connectivity index (χ1n) is 4.59. The molecule has 0 aromatic heterocycles. The van der Waals surface area contributed by atoms with Crippen LogP contribution in [0.15, 0.2) is 0 Å². The molecule has 1 unspecified atom stereocenters. The lowest BCUT2D eigenvalue weighted by atomic mass is 10.3. The van der Waals surface area contributed by atoms with E-state index in [0.717, 1.165) is 6.42 Å². The van der Waals surface area contributed by atoms with Crippen molar-refractivity contribution in [1.82, 2.24) is 0 Å². The fraction of sp³-hybridized carbons (Fsp3) is 1.00. The normalized spacial score (nSPS) is 18.1. The largest absolute Gasteiger partial charge is 0.472 e. The van der Waals surface area contributed by atoms with Crippen LogP contribution in [0.3, 0.4) is 0 Å². The van der Waals surface area contributed by atoms with Crippen LogP contribution in [0.5, 0.6) is 0 Å². The number of hydrogen-bond acceptors (Lipinski definition) is 4. The molecule has 0 fully saturated rings. The van der Waals surface area contributed by atoms with Crippen molar-refractivity contribution in [3.63, 3.8) is 0 Å². The lowest BCUT2D eigenvalue weighted by Crippen LogP contribution is -2.17. The van der Waals surface area contributed by atoms with Crippen LogP contribution in [0.4, 0.5) is 0 Å². The van der Waals surface area contributed by atoms with E-state index in [1.165, 1.54) is 7.11 Å². The van der Waals surface area contributed by atoms with Gasteiger partial charge >= 0.3 is 7.82 Å². The summed E-state index contributed by atoms with van der Waals surface area (Å²) >= 11 is 0. The molecule has 86 valence electrons. The SMILES string of the molecule is CC[C@@H](COP(=O)(O)OC(C)C)OC. The summed E-state index contributed by atoms with van der Waals surface area (Å²) in [6.45, 7) is 5.30. The third kappa shape index (κ3) is 6.51. The predicted octanol–water partition coefficient (Wildman–Crippen LogP) is 1.95. The topological polar surface area (TPSA) is 65.0 Å². The smallest absolute Gasteiger partial charge is 0.379 e. The van der Waals surface area contributed by atoms with Crippen LogP contribution in [-0.4, -0.2) is 30.8 Å². The second kappa shape index (κ2) is 6.53. The van der Waals surface area contributed by atoms with Crippen molar-refractivity contribution in [2.45, 2.75) is 39.4 Å². The van der Waals surface area contributed by atoms with Gasteiger partial charge in [0.05, 0.1) is 18.8 Å². The maximum Gasteiger partial charge on any atom is 0.472 e. The van der Waals surface area contributed by atoms with E-state index in [4.69, 9.17) is 13.8 Å². The van der Waals surface area contributed by atoms with Gasteiger partial charge in [0, 0.05) is 7.11 Å². The van der Waals surface area contributed by atoms with Crippen molar-refractivity contribution in [1.29, 1.82) is 0 Å². The summed E-state index contributed by atoms with van der Waals surface area (Å²) in [4.78, 5) is 9.18. The summed E-state index contributed by atoms with van der Waals surface area (Å²) in [6, 6.07) is 0. The standard InChI is InChI=1S/C8H19O5P/c1-5-8(11-4)6-12-14(9,10)13-7(2)3/h7-8H,5-6H2,1-4H3,(H,9,10)/t8-/m0/s1. The predicted molar refractivity (Wildman–Crippen MR) is 53.1 cm³/mol. The van der Waals surface area contributed by atoms with Crippen molar-refractivity contribution in [2.24, 2.45) is 0 Å². The fourth-order valence-corrected chi connectivity index (χ4v) is 1.78. The lowest BCUT2D eigenvalue weighted by Gasteiger charge is -2.17. The summed E-state index contributed by atoms with van der Waals surface area (Å²) < 4.78 is 25.7. The molecule has 2 atom stereocenters. The highest BCUT2D eigenvalue weighted by molar-refractivity contribution is 7.47. The van der Waals surface area contributed by atoms with E-state index < -0.39 is 7.82 Å². The van der Waals surface area contributed by atoms with Gasteiger partial charge in [0.2, 0.25) is 0 Å². The maximum absolute atomic E-state index is 11.2. The zero-order valence-corrected chi connectivity index (χ0v) is 9.99. The number of phosphoric ester groups is 1. The average molecular weight is 226 g/mol. The lowest BCUT2D eigenvalue weighted by molar-refractivity contribution is 0.0328. The van der Waals surface area contributed by atoms with Gasteiger partial charge in [0.25, 0.3) is 0 Å². The van der Waals surface area contributed by atoms with Crippen LogP contribution in [0.2, 0.25) is 0 Å². The van der Waals surface area contributed by atoms with Crippen molar-refractivity contribution < 1.29 is 23.2 Å². The van der Waals surface area contributed by atoms with Crippen LogP contribution in [0.1, 0.15) is 27.2 Å². The van der Waals surface area contributed by atoms with Crippen LogP contribution >= 0.6 is 7.82 Å². The molecule has 5 nitrogen and oxygen atoms in total. The van der Waals surface area contributed by atoms with E-state index in [9.17, 15) is 9.46 Å². The van der Waals surface area contributed by atoms with Gasteiger partial charge in [-0.15, -0.1) is 0 Å². The Morgan fingerprint density at radius 3 is 2.36 bits per heavy atom. The molecule has 0 spiro atoms. The molecule has 0 aromatic carbocycles. The van der Waals surface area contributed by atoms with Gasteiger partial charge in [0.15, 0.2) is 0 Å². The molecule has 0 saturated carbocycles. The molecule has 0 aliphatic carbocycles. The van der Waals surface area contributed by atoms with E-state index in [1.54, 1.807) is 13.8 Å². The Kier molecular flexibility index (Phi) is 6.57. The molecule has 6 heteroatoms. The van der Waals surface area contributed by atoms with Crippen LogP contribution < -0.4 is 0 Å². The minimum absolute atomic E-state index is 0.0630. The van der Waals surface area contributed by atoms with Crippen molar-refractivity contribution in [2.75, 3.05) is 13.7 Å². The third-order valence-electron chi connectivity index (χ3n) is 1.56. The molecule has 0 radical (unpaired) electrons. The van der Waals surface area contributed by atoms with Crippen LogP contribution in [0, 0.1) is 0 Å². The Labute approximate surface area is 85.0 Å². The summed E-state index contributed by atoms with van der Waals surface area (Å²) in [5, 5.41) is 0. The molecule has 1 N–H and O–H groups in total. The maximum atomic E-state index is 11.2. The fourth-order valence-electron chi connectivity index (χ4n) is 0.827. The van der Waals surface area contributed by atoms with Gasteiger partial charge in [-0.2, -0.15) is 0 Å². The highest BCUT2D eigenvalue weighted by atomic mass is 31.2. The summed E-state index contributed by atoms with van der Waals surface area (Å²) in [5.41, 5.74) is 0. The minimum atomic E-state index is -3.91. The number of phosphoric acid groups is 1. The van der Waals surface area contributed by atoms with E-state index >= 15 is 0 Å². The van der Waals surface area contributed by atoms with E-state index in [0.29, 0.717) is 0 Å². The van der Waals surface area contributed by atoms with E-state index in [1.807, 2.05) is 6.92 Å². The number of rotatable bonds is 7. The van der Waals surface area contributed by atoms with Crippen molar-refractivity contribution in [3.8, 4) is 0 Å². The zero-order chi connectivity index (χ0) is 11.2. The Bertz CT molecular complexity index is 190. The molecule has 0 amide bonds. The van der Waals surface area contributed by atoms with Gasteiger partial charge in [-0.1, -0.05) is 6.92 Å². The van der Waals surface area contributed by atoms with Crippen LogP contribution in [0.25, 0.3) is 0 Å². The van der Waals surface area contributed by atoms with E-state index in [2.05, 4.69) is 0 Å². The minimum Gasteiger partial charge on any atom is -0.379 e. The quantitative estimate of drug-likeness (QED) is 0.672. The first kappa shape index (κ1) is 14.1. The highest BCUT2D eigenvalue weighted by Crippen LogP contribution is 2.44. The zero-order valence-electron chi connectivity index (χ0n) is 9.10. The average Bonchev–Trinajstić information content (AvgIpc) is 2.03. The monoisotopic (exact) mass is 226 g/mol. The number of hydrogen-bond donors (Lipinski definition) is 1. The summed E-state index contributed by atoms with van der Waals surface area (Å²) in [5.74, 6) is 0. The highest BCUT2D eigenvalue weighted by Gasteiger charge is 2.24. The Morgan fingerprint density at radius 2 is 2.00 bits per heavy atom. The Morgan fingerprint density at radius 1 is 1.43 bits per heavy atom. The van der Waals surface area contributed by atoms with Crippen LogP contribution in [-0.2, 0) is 18.3 Å². The van der Waals surface area contributed by atoms with E-state index in [-0.39, 0.29) is 18.8 Å². The molecule has 0 aliphatic rings. The first-order valence-corrected chi connectivity index (χ1v) is 6.09. The van der Waals surface area contributed by atoms with Crippen molar-refractivity contribution in [3.05, 3.63) is 0 Å². The second-order valence-corrected chi connectivity index (χ2v) is 4.59. The Hall–Kier alpha value is 0.0700. The molecule has 0 bridgehead atoms. The second-order valence-electron chi connectivity index (χ2n) is 3.18. The third-order valence-corrected chi connectivity index (χ3v) is 2.72. The van der Waals surface area contributed by atoms with Gasteiger partial charge in [-0.25, -0.2) is 4.57 Å². The number of methoxy groups -OCH3 is 1. The Balaban J connectivity index is 3.91. The molecule has 0 heterocycles. The molecular formula is C8H19O5P. The molecule has 0 rings (SSSR count). The van der Waals surface area contributed by atoms with Crippen molar-refractivity contribution >= 4 is 7.82 Å². The molecule has 0 aliphatic heterocycles. The summed E-state index contributed by atoms with van der Waals surface area (Å²) in [7, 11) is -2.38. The first-order chi connectivity index (χ1) is 6.41. The molecule has 14 heavy (non-hydrogen) atoms.